The highest BCUT2D eigenvalue weighted by Gasteiger charge is 2.23. The van der Waals surface area contributed by atoms with Crippen molar-refractivity contribution in [3.63, 3.8) is 0 Å². The molecule has 1 aliphatic heterocycles. The minimum absolute atomic E-state index is 0.0613. The third-order valence-electron chi connectivity index (χ3n) is 6.08. The lowest BCUT2D eigenvalue weighted by Crippen LogP contribution is -2.43. The lowest BCUT2D eigenvalue weighted by molar-refractivity contribution is -0.159. The van der Waals surface area contributed by atoms with Crippen LogP contribution in [0, 0.1) is 0 Å². The van der Waals surface area contributed by atoms with E-state index in [1.165, 1.54) is 5.56 Å². The molecule has 10 nitrogen and oxygen atoms in total. The molecular weight excluding hydrogens is 502 g/mol. The maximum Gasteiger partial charge on any atom is 0.414 e. The van der Waals surface area contributed by atoms with Gasteiger partial charge in [0.1, 0.15) is 5.75 Å². The van der Waals surface area contributed by atoms with Crippen LogP contribution in [-0.4, -0.2) is 79.5 Å². The molecule has 1 heterocycles. The van der Waals surface area contributed by atoms with Gasteiger partial charge in [0.25, 0.3) is 0 Å². The van der Waals surface area contributed by atoms with Gasteiger partial charge in [-0.05, 0) is 29.3 Å². The summed E-state index contributed by atoms with van der Waals surface area (Å²) in [6, 6.07) is 26.3. The van der Waals surface area contributed by atoms with Crippen LogP contribution < -0.4 is 15.4 Å². The van der Waals surface area contributed by atoms with Crippen molar-refractivity contribution in [1.29, 1.82) is 0 Å². The number of nitrogens with one attached hydrogen (secondary N) is 2. The first-order valence-electron chi connectivity index (χ1n) is 12.5. The Bertz CT molecular complexity index is 1200. The van der Waals surface area contributed by atoms with E-state index < -0.39 is 11.9 Å². The summed E-state index contributed by atoms with van der Waals surface area (Å²) >= 11 is 0. The Morgan fingerprint density at radius 2 is 1.51 bits per heavy atom. The van der Waals surface area contributed by atoms with Crippen LogP contribution in [0.25, 0.3) is 11.1 Å². The highest BCUT2D eigenvalue weighted by Crippen LogP contribution is 2.27. The predicted octanol–water partition coefficient (Wildman–Crippen LogP) is 3.12. The number of carbonyl (C=O) groups excluding carboxylic acids is 1. The summed E-state index contributed by atoms with van der Waals surface area (Å²) in [4.78, 5) is 33.4. The Kier molecular flexibility index (Phi) is 11.4. The molecule has 1 unspecified atom stereocenters. The molecule has 0 aromatic heterocycles. The van der Waals surface area contributed by atoms with Crippen LogP contribution in [0.1, 0.15) is 11.6 Å². The van der Waals surface area contributed by atoms with E-state index in [-0.39, 0.29) is 18.5 Å². The average molecular weight is 536 g/mol. The molecular formula is C29H33N3O7. The van der Waals surface area contributed by atoms with Crippen molar-refractivity contribution >= 4 is 23.5 Å². The molecule has 1 fully saturated rings. The average Bonchev–Trinajstić information content (AvgIpc) is 2.97. The van der Waals surface area contributed by atoms with E-state index in [0.29, 0.717) is 6.54 Å². The summed E-state index contributed by atoms with van der Waals surface area (Å²) in [7, 11) is 1.67. The van der Waals surface area contributed by atoms with E-state index in [1.807, 2.05) is 66.7 Å². The van der Waals surface area contributed by atoms with Crippen LogP contribution in [0.15, 0.2) is 78.9 Å². The summed E-state index contributed by atoms with van der Waals surface area (Å²) < 4.78 is 10.8. The van der Waals surface area contributed by atoms with E-state index in [4.69, 9.17) is 29.3 Å². The molecule has 0 radical (unpaired) electrons. The molecule has 1 aliphatic rings. The highest BCUT2D eigenvalue weighted by atomic mass is 16.5. The lowest BCUT2D eigenvalue weighted by Gasteiger charge is -2.35. The fourth-order valence-electron chi connectivity index (χ4n) is 4.15. The lowest BCUT2D eigenvalue weighted by atomic mass is 10.0. The van der Waals surface area contributed by atoms with Gasteiger partial charge in [0.05, 0.1) is 26.9 Å². The summed E-state index contributed by atoms with van der Waals surface area (Å²) in [6.45, 7) is 4.09. The molecule has 0 aliphatic carbocycles. The van der Waals surface area contributed by atoms with Crippen LogP contribution in [-0.2, 0) is 19.1 Å². The number of morpholine rings is 1. The number of carboxylic acids is 2. The van der Waals surface area contributed by atoms with E-state index in [0.717, 1.165) is 48.9 Å². The minimum Gasteiger partial charge on any atom is -0.497 e. The van der Waals surface area contributed by atoms with Crippen molar-refractivity contribution in [2.45, 2.75) is 6.04 Å². The summed E-state index contributed by atoms with van der Waals surface area (Å²) in [5.41, 5.74) is 4.10. The number of amides is 1. The number of carbonyl (C=O) groups is 3. The molecule has 39 heavy (non-hydrogen) atoms. The molecule has 206 valence electrons. The zero-order valence-electron chi connectivity index (χ0n) is 21.7. The first-order valence-corrected chi connectivity index (χ1v) is 12.5. The van der Waals surface area contributed by atoms with Crippen molar-refractivity contribution in [3.05, 3.63) is 84.4 Å². The van der Waals surface area contributed by atoms with Gasteiger partial charge < -0.3 is 30.3 Å². The van der Waals surface area contributed by atoms with Gasteiger partial charge in [-0.15, -0.1) is 0 Å². The second-order valence-electron chi connectivity index (χ2n) is 8.64. The number of hydrogen-bond donors (Lipinski definition) is 4. The second-order valence-corrected chi connectivity index (χ2v) is 8.64. The molecule has 0 saturated carbocycles. The van der Waals surface area contributed by atoms with Crippen LogP contribution >= 0.6 is 0 Å². The van der Waals surface area contributed by atoms with Crippen LogP contribution in [0.3, 0.4) is 0 Å². The SMILES string of the molecule is COc1ccc(C(CNCC(=O)Nc2ccccc2-c2ccccc2)N2CCOCC2)cc1.O=C(O)C(=O)O. The van der Waals surface area contributed by atoms with Gasteiger partial charge in [0, 0.05) is 36.9 Å². The standard InChI is InChI=1S/C27H31N3O3.C2H2O4/c1-32-23-13-11-22(12-14-23)26(30-15-17-33-18-16-30)19-28-20-27(31)29-25-10-6-5-9-24(25)21-7-3-2-4-8-21;3-1(4)2(5)6/h2-14,26,28H,15-20H2,1H3,(H,29,31);(H,3,4)(H,5,6). The molecule has 0 spiro atoms. The van der Waals surface area contributed by atoms with Gasteiger partial charge in [-0.1, -0.05) is 60.7 Å². The maximum atomic E-state index is 12.8. The monoisotopic (exact) mass is 535 g/mol. The zero-order valence-corrected chi connectivity index (χ0v) is 21.7. The predicted molar refractivity (Wildman–Crippen MR) is 147 cm³/mol. The third-order valence-corrected chi connectivity index (χ3v) is 6.08. The molecule has 10 heteroatoms. The van der Waals surface area contributed by atoms with E-state index in [1.54, 1.807) is 7.11 Å². The van der Waals surface area contributed by atoms with Gasteiger partial charge in [-0.3, -0.25) is 9.69 Å². The Hall–Kier alpha value is -4.25. The van der Waals surface area contributed by atoms with Gasteiger partial charge in [-0.25, -0.2) is 9.59 Å². The van der Waals surface area contributed by atoms with E-state index in [2.05, 4.69) is 27.7 Å². The first-order chi connectivity index (χ1) is 18.9. The third kappa shape index (κ3) is 9.22. The number of methoxy groups -OCH3 is 1. The number of anilines is 1. The number of hydrogen-bond acceptors (Lipinski definition) is 7. The van der Waals surface area contributed by atoms with Gasteiger partial charge in [-0.2, -0.15) is 0 Å². The smallest absolute Gasteiger partial charge is 0.414 e. The molecule has 1 saturated heterocycles. The molecule has 0 bridgehead atoms. The number of benzene rings is 3. The van der Waals surface area contributed by atoms with Crippen molar-refractivity contribution in [2.24, 2.45) is 0 Å². The van der Waals surface area contributed by atoms with Crippen LogP contribution in [0.5, 0.6) is 5.75 Å². The van der Waals surface area contributed by atoms with Crippen molar-refractivity contribution in [3.8, 4) is 16.9 Å². The number of ether oxygens (including phenoxy) is 2. The number of rotatable bonds is 9. The van der Waals surface area contributed by atoms with Crippen LogP contribution in [0.2, 0.25) is 0 Å². The van der Waals surface area contributed by atoms with Crippen molar-refractivity contribution in [1.82, 2.24) is 10.2 Å². The molecule has 1 amide bonds. The topological polar surface area (TPSA) is 137 Å². The zero-order chi connectivity index (χ0) is 28.0. The largest absolute Gasteiger partial charge is 0.497 e. The Balaban J connectivity index is 0.000000631. The highest BCUT2D eigenvalue weighted by molar-refractivity contribution is 6.27. The summed E-state index contributed by atoms with van der Waals surface area (Å²) in [5.74, 6) is -2.87. The second kappa shape index (κ2) is 15.2. The summed E-state index contributed by atoms with van der Waals surface area (Å²) in [6.07, 6.45) is 0. The molecule has 3 aromatic rings. The van der Waals surface area contributed by atoms with Gasteiger partial charge >= 0.3 is 11.9 Å². The van der Waals surface area contributed by atoms with E-state index in [9.17, 15) is 4.79 Å². The minimum atomic E-state index is -1.82. The van der Waals surface area contributed by atoms with Crippen molar-refractivity contribution < 1.29 is 34.1 Å². The summed E-state index contributed by atoms with van der Waals surface area (Å²) in [5, 5.41) is 21.2. The molecule has 4 rings (SSSR count). The quantitative estimate of drug-likeness (QED) is 0.305. The normalized spacial score (nSPS) is 13.9. The molecule has 4 N–H and O–H groups in total. The maximum absolute atomic E-state index is 12.8. The van der Waals surface area contributed by atoms with E-state index >= 15 is 0 Å². The number of nitrogens with zero attached hydrogens (tertiary/aromatic N) is 1. The van der Waals surface area contributed by atoms with Crippen molar-refractivity contribution in [2.75, 3.05) is 51.8 Å². The Labute approximate surface area is 227 Å². The first kappa shape index (κ1) is 29.3. The fourth-order valence-corrected chi connectivity index (χ4v) is 4.15. The Morgan fingerprint density at radius 1 is 0.897 bits per heavy atom. The fraction of sp³-hybridized carbons (Fsp3) is 0.276. The molecule has 1 atom stereocenters. The Morgan fingerprint density at radius 3 is 2.13 bits per heavy atom. The number of aliphatic carboxylic acids is 2. The van der Waals surface area contributed by atoms with Gasteiger partial charge in [0.2, 0.25) is 5.91 Å². The number of carboxylic acid groups (broad SMARTS) is 2. The van der Waals surface area contributed by atoms with Crippen LogP contribution in [0.4, 0.5) is 5.69 Å². The van der Waals surface area contributed by atoms with Gasteiger partial charge in [0.15, 0.2) is 0 Å². The molecule has 3 aromatic carbocycles. The number of para-hydroxylation sites is 1.